The number of hydrogen-bond acceptors (Lipinski definition) is 4. The minimum absolute atomic E-state index is 0.154. The monoisotopic (exact) mass is 345 g/mol. The number of benzene rings is 1. The number of halogens is 1. The summed E-state index contributed by atoms with van der Waals surface area (Å²) in [6, 6.07) is 7.98. The Bertz CT molecular complexity index is 734. The highest BCUT2D eigenvalue weighted by Crippen LogP contribution is 2.33. The molecule has 0 saturated carbocycles. The third kappa shape index (κ3) is 5.53. The first-order chi connectivity index (χ1) is 11.9. The van der Waals surface area contributed by atoms with Crippen LogP contribution in [0.5, 0.6) is 5.75 Å². The molecular formula is C19H24FN3O2. The number of nitrogens with one attached hydrogen (secondary N) is 1. The van der Waals surface area contributed by atoms with Crippen LogP contribution >= 0.6 is 0 Å². The standard InChI is InChI=1S/C19H24FN3O2/c1-12(2)9-15(21)11-25-19-16(5-4-6-17(19)20)14-7-8-22-18(10-14)23-13(3)24/h4-8,10,12,15H,9,11,21H2,1-3H3,(H,22,23,24). The topological polar surface area (TPSA) is 77.2 Å². The lowest BCUT2D eigenvalue weighted by molar-refractivity contribution is -0.114. The fourth-order valence-electron chi connectivity index (χ4n) is 2.59. The highest BCUT2D eigenvalue weighted by molar-refractivity contribution is 5.88. The summed E-state index contributed by atoms with van der Waals surface area (Å²) in [6.45, 7) is 5.79. The molecule has 0 radical (unpaired) electrons. The van der Waals surface area contributed by atoms with Gasteiger partial charge < -0.3 is 15.8 Å². The van der Waals surface area contributed by atoms with Crippen molar-refractivity contribution in [2.24, 2.45) is 11.7 Å². The van der Waals surface area contributed by atoms with Gasteiger partial charge in [-0.05, 0) is 36.1 Å². The number of para-hydroxylation sites is 1. The number of ether oxygens (including phenoxy) is 1. The molecule has 1 aromatic heterocycles. The Morgan fingerprint density at radius 2 is 2.12 bits per heavy atom. The molecule has 2 aromatic rings. The lowest BCUT2D eigenvalue weighted by atomic mass is 10.0. The number of anilines is 1. The summed E-state index contributed by atoms with van der Waals surface area (Å²) in [5.41, 5.74) is 7.32. The molecule has 1 aromatic carbocycles. The number of rotatable bonds is 7. The fourth-order valence-corrected chi connectivity index (χ4v) is 2.59. The van der Waals surface area contributed by atoms with Gasteiger partial charge in [-0.1, -0.05) is 26.0 Å². The molecule has 134 valence electrons. The molecule has 0 bridgehead atoms. The van der Waals surface area contributed by atoms with Crippen LogP contribution in [0.3, 0.4) is 0 Å². The average Bonchev–Trinajstić information content (AvgIpc) is 2.52. The molecule has 5 nitrogen and oxygen atoms in total. The molecule has 0 spiro atoms. The minimum Gasteiger partial charge on any atom is -0.488 e. The lowest BCUT2D eigenvalue weighted by Crippen LogP contribution is -2.29. The van der Waals surface area contributed by atoms with Gasteiger partial charge >= 0.3 is 0 Å². The Kier molecular flexibility index (Phi) is 6.47. The first-order valence-corrected chi connectivity index (χ1v) is 8.27. The van der Waals surface area contributed by atoms with Crippen molar-refractivity contribution in [2.45, 2.75) is 33.2 Å². The molecule has 25 heavy (non-hydrogen) atoms. The van der Waals surface area contributed by atoms with Gasteiger partial charge in [-0.15, -0.1) is 0 Å². The van der Waals surface area contributed by atoms with Gasteiger partial charge in [0.2, 0.25) is 5.91 Å². The van der Waals surface area contributed by atoms with E-state index in [1.54, 1.807) is 30.5 Å². The number of pyridine rings is 1. The van der Waals surface area contributed by atoms with E-state index in [4.69, 9.17) is 10.5 Å². The van der Waals surface area contributed by atoms with Crippen molar-refractivity contribution in [1.29, 1.82) is 0 Å². The van der Waals surface area contributed by atoms with Crippen LogP contribution in [-0.2, 0) is 4.79 Å². The molecular weight excluding hydrogens is 321 g/mol. The molecule has 0 aliphatic heterocycles. The summed E-state index contributed by atoms with van der Waals surface area (Å²) >= 11 is 0. The van der Waals surface area contributed by atoms with Gasteiger partial charge in [0.25, 0.3) is 0 Å². The van der Waals surface area contributed by atoms with Gasteiger partial charge in [0.15, 0.2) is 11.6 Å². The Hall–Kier alpha value is -2.47. The number of carbonyl (C=O) groups is 1. The average molecular weight is 345 g/mol. The van der Waals surface area contributed by atoms with Crippen molar-refractivity contribution in [1.82, 2.24) is 4.98 Å². The molecule has 1 atom stereocenters. The Morgan fingerprint density at radius 3 is 2.80 bits per heavy atom. The second-order valence-corrected chi connectivity index (χ2v) is 6.43. The fraction of sp³-hybridized carbons (Fsp3) is 0.368. The molecule has 1 unspecified atom stereocenters. The maximum Gasteiger partial charge on any atom is 0.222 e. The Labute approximate surface area is 147 Å². The number of amides is 1. The van der Waals surface area contributed by atoms with Crippen molar-refractivity contribution < 1.29 is 13.9 Å². The molecule has 3 N–H and O–H groups in total. The van der Waals surface area contributed by atoms with Crippen molar-refractivity contribution in [3.8, 4) is 16.9 Å². The zero-order valence-corrected chi connectivity index (χ0v) is 14.8. The summed E-state index contributed by atoms with van der Waals surface area (Å²) in [7, 11) is 0. The molecule has 1 heterocycles. The maximum absolute atomic E-state index is 14.3. The van der Waals surface area contributed by atoms with Crippen LogP contribution in [0.2, 0.25) is 0 Å². The summed E-state index contributed by atoms with van der Waals surface area (Å²) < 4.78 is 20.0. The first kappa shape index (κ1) is 18.9. The predicted octanol–water partition coefficient (Wildman–Crippen LogP) is 3.60. The van der Waals surface area contributed by atoms with Gasteiger partial charge in [-0.2, -0.15) is 0 Å². The Balaban J connectivity index is 2.27. The van der Waals surface area contributed by atoms with Crippen LogP contribution in [-0.4, -0.2) is 23.5 Å². The number of aromatic nitrogens is 1. The van der Waals surface area contributed by atoms with E-state index in [0.29, 0.717) is 22.9 Å². The Morgan fingerprint density at radius 1 is 1.36 bits per heavy atom. The summed E-state index contributed by atoms with van der Waals surface area (Å²) in [5, 5.41) is 2.62. The molecule has 0 saturated heterocycles. The SMILES string of the molecule is CC(=O)Nc1cc(-c2cccc(F)c2OCC(N)CC(C)C)ccn1. The predicted molar refractivity (Wildman–Crippen MR) is 96.9 cm³/mol. The van der Waals surface area contributed by atoms with E-state index in [2.05, 4.69) is 24.1 Å². The second-order valence-electron chi connectivity index (χ2n) is 6.43. The van der Waals surface area contributed by atoms with Crippen molar-refractivity contribution in [2.75, 3.05) is 11.9 Å². The van der Waals surface area contributed by atoms with Crippen molar-refractivity contribution in [3.63, 3.8) is 0 Å². The number of nitrogens with two attached hydrogens (primary N) is 1. The number of hydrogen-bond donors (Lipinski definition) is 2. The quantitative estimate of drug-likeness (QED) is 0.804. The first-order valence-electron chi connectivity index (χ1n) is 8.27. The molecule has 2 rings (SSSR count). The third-order valence-corrected chi connectivity index (χ3v) is 3.56. The molecule has 1 amide bonds. The van der Waals surface area contributed by atoms with Gasteiger partial charge in [-0.25, -0.2) is 9.37 Å². The largest absolute Gasteiger partial charge is 0.488 e. The van der Waals surface area contributed by atoms with Gasteiger partial charge in [0.1, 0.15) is 12.4 Å². The summed E-state index contributed by atoms with van der Waals surface area (Å²) in [6.07, 6.45) is 2.35. The van der Waals surface area contributed by atoms with Crippen LogP contribution in [0.1, 0.15) is 27.2 Å². The van der Waals surface area contributed by atoms with E-state index in [1.165, 1.54) is 13.0 Å². The van der Waals surface area contributed by atoms with E-state index in [9.17, 15) is 9.18 Å². The van der Waals surface area contributed by atoms with E-state index in [-0.39, 0.29) is 24.3 Å². The highest BCUT2D eigenvalue weighted by atomic mass is 19.1. The normalized spacial score (nSPS) is 12.1. The van der Waals surface area contributed by atoms with E-state index in [1.807, 2.05) is 0 Å². The van der Waals surface area contributed by atoms with Crippen LogP contribution in [0.15, 0.2) is 36.5 Å². The van der Waals surface area contributed by atoms with Gasteiger partial charge in [0.05, 0.1) is 0 Å². The van der Waals surface area contributed by atoms with Crippen molar-refractivity contribution >= 4 is 11.7 Å². The van der Waals surface area contributed by atoms with Crippen LogP contribution in [0.4, 0.5) is 10.2 Å². The van der Waals surface area contributed by atoms with Crippen molar-refractivity contribution in [3.05, 3.63) is 42.3 Å². The minimum atomic E-state index is -0.452. The van der Waals surface area contributed by atoms with Gasteiger partial charge in [-0.3, -0.25) is 4.79 Å². The van der Waals surface area contributed by atoms with Crippen LogP contribution < -0.4 is 15.8 Å². The zero-order chi connectivity index (χ0) is 18.4. The van der Waals surface area contributed by atoms with Crippen LogP contribution in [0, 0.1) is 11.7 Å². The highest BCUT2D eigenvalue weighted by Gasteiger charge is 2.15. The molecule has 0 fully saturated rings. The summed E-state index contributed by atoms with van der Waals surface area (Å²) in [5.74, 6) is 0.324. The van der Waals surface area contributed by atoms with E-state index < -0.39 is 5.82 Å². The summed E-state index contributed by atoms with van der Waals surface area (Å²) in [4.78, 5) is 15.3. The second kappa shape index (κ2) is 8.58. The van der Waals surface area contributed by atoms with Crippen LogP contribution in [0.25, 0.3) is 11.1 Å². The zero-order valence-electron chi connectivity index (χ0n) is 14.8. The molecule has 0 aliphatic carbocycles. The smallest absolute Gasteiger partial charge is 0.222 e. The third-order valence-electron chi connectivity index (χ3n) is 3.56. The van der Waals surface area contributed by atoms with Gasteiger partial charge in [0, 0.05) is 24.7 Å². The van der Waals surface area contributed by atoms with E-state index >= 15 is 0 Å². The lowest BCUT2D eigenvalue weighted by Gasteiger charge is -2.18. The number of carbonyl (C=O) groups excluding carboxylic acids is 1. The maximum atomic E-state index is 14.3. The molecule has 6 heteroatoms. The van der Waals surface area contributed by atoms with E-state index in [0.717, 1.165) is 6.42 Å². The number of nitrogens with zero attached hydrogens (tertiary/aromatic N) is 1. The molecule has 0 aliphatic rings.